The number of fused-ring (bicyclic) bond motifs is 5. The molecule has 6 heterocycles. The number of carbonyl (C=O) groups is 5. The molecule has 6 aliphatic heterocycles. The minimum Gasteiger partial charge on any atom is -0.508 e. The molecular weight excluding hydrogens is 1850 g/mol. The minimum atomic E-state index is -0.584. The van der Waals surface area contributed by atoms with Gasteiger partial charge >= 0.3 is 0 Å². The van der Waals surface area contributed by atoms with E-state index in [0.717, 1.165) is 113 Å². The molecule has 10 N–H and O–H groups in total. The average molecular weight is 2010 g/mol. The highest BCUT2D eigenvalue weighted by Gasteiger charge is 2.37. The summed E-state index contributed by atoms with van der Waals surface area (Å²) >= 11 is 0. The summed E-state index contributed by atoms with van der Waals surface area (Å²) in [6.45, 7) is 27.8. The lowest BCUT2D eigenvalue weighted by Gasteiger charge is -2.23. The van der Waals surface area contributed by atoms with E-state index in [-0.39, 0.29) is 119 Å². The van der Waals surface area contributed by atoms with Crippen LogP contribution in [0.4, 0.5) is 0 Å². The molecule has 788 valence electrons. The zero-order valence-corrected chi connectivity index (χ0v) is 89.9. The van der Waals surface area contributed by atoms with E-state index in [0.29, 0.717) is 124 Å². The lowest BCUT2D eigenvalue weighted by molar-refractivity contribution is 0.0740. The van der Waals surface area contributed by atoms with Gasteiger partial charge in [-0.15, -0.1) is 0 Å². The molecule has 0 spiro atoms. The summed E-state index contributed by atoms with van der Waals surface area (Å²) in [5.41, 5.74) is 23.0. The summed E-state index contributed by atoms with van der Waals surface area (Å²) in [7, 11) is 28.8. The summed E-state index contributed by atoms with van der Waals surface area (Å²) in [5, 5.41) is 73.3. The van der Waals surface area contributed by atoms with Crippen molar-refractivity contribution < 1.29 is 98.4 Å². The molecule has 0 aromatic heterocycles. The van der Waals surface area contributed by atoms with Crippen molar-refractivity contribution in [3.05, 3.63) is 297 Å². The molecule has 5 unspecified atom stereocenters. The molecule has 5 amide bonds. The van der Waals surface area contributed by atoms with Gasteiger partial charge in [0.25, 0.3) is 29.5 Å². The molecule has 146 heavy (non-hydrogen) atoms. The standard InChI is InChI=1S/2C24H32N2O4.C22H28N2O4.C22H28N2O3.C22H25NO4.C2H7N.H2O/c1-15(2)19-10-20(23(30-6)11-22(19)29-5)24(28)26-12-17-8-7-16(9-18(17)13-26)21(14-27)25(3)4;1-15(2)19-10-20(23(30-6)11-22(19)29-5)24(28)26-12-17-8-7-16(9-18(17)13-26)21(27)14-25(3)4;1-13(2)17-8-18(20(26)9-19(17)25)22(28)24-10-15-6-5-14(7-16(15)11-24)21(27)12-23(3)4;1-14(2)15-7-8-21(26)19(10-15)22(27)24-11-17-6-5-16(9-18(17)12-24)20(13-25)23(3)4;1-13(2)17-8-18(20(26-4)9-19(17)25-3)22(24)23-10-15-6-5-14(21-12-27-21)7-16(15)11-23;1-3-2;/h2*7-11,15,21,27H,12-14H2,1-6H3;5-9,13,21,25-27H,10-12H2,1-4H3;5-10,14,20,25-26H,11-13H2,1-4H3;5-9,13,21H,10-12H2,1-4H3;3H,1-2H3;1H2. The number of aliphatic hydroxyl groups excluding tert-OH is 4. The van der Waals surface area contributed by atoms with Gasteiger partial charge < -0.3 is 124 Å². The number of rotatable bonds is 29. The Balaban J connectivity index is 0.000000185. The number of epoxide rings is 1. The molecule has 30 nitrogen and oxygen atoms in total. The van der Waals surface area contributed by atoms with Gasteiger partial charge in [0.05, 0.1) is 115 Å². The van der Waals surface area contributed by atoms with Gasteiger partial charge in [0.15, 0.2) is 0 Å². The normalized spacial score (nSPS) is 14.8. The number of likely N-dealkylation sites (N-methyl/N-ethyl adjacent to an activating group) is 4. The van der Waals surface area contributed by atoms with Gasteiger partial charge in [-0.1, -0.05) is 166 Å². The Morgan fingerprint density at radius 3 is 0.877 bits per heavy atom. The maximum absolute atomic E-state index is 13.4. The molecule has 0 bridgehead atoms. The first kappa shape index (κ1) is 115. The van der Waals surface area contributed by atoms with Crippen molar-refractivity contribution in [3.63, 3.8) is 0 Å². The van der Waals surface area contributed by atoms with Crippen molar-refractivity contribution in [1.29, 1.82) is 0 Å². The first-order chi connectivity index (χ1) is 68.9. The van der Waals surface area contributed by atoms with Gasteiger partial charge in [0, 0.05) is 103 Å². The number of carbonyl (C=O) groups excluding carboxylic acids is 5. The molecule has 0 saturated carbocycles. The highest BCUT2D eigenvalue weighted by molar-refractivity contribution is 6.01. The van der Waals surface area contributed by atoms with E-state index in [1.165, 1.54) is 22.8 Å². The number of phenols is 3. The molecule has 30 heteroatoms. The third kappa shape index (κ3) is 27.6. The smallest absolute Gasteiger partial charge is 0.258 e. The van der Waals surface area contributed by atoms with Crippen molar-refractivity contribution in [1.82, 2.24) is 49.4 Å². The van der Waals surface area contributed by atoms with Crippen molar-refractivity contribution in [2.75, 3.05) is 146 Å². The van der Waals surface area contributed by atoms with E-state index in [9.17, 15) is 59.7 Å². The highest BCUT2D eigenvalue weighted by Crippen LogP contribution is 2.44. The van der Waals surface area contributed by atoms with Crippen LogP contribution in [0.5, 0.6) is 51.7 Å². The second-order valence-electron chi connectivity index (χ2n) is 40.5. The lowest BCUT2D eigenvalue weighted by atomic mass is 9.98. The van der Waals surface area contributed by atoms with E-state index < -0.39 is 12.2 Å². The van der Waals surface area contributed by atoms with Crippen LogP contribution in [0.2, 0.25) is 0 Å². The van der Waals surface area contributed by atoms with E-state index in [2.05, 4.69) is 97.1 Å². The van der Waals surface area contributed by atoms with E-state index >= 15 is 0 Å². The van der Waals surface area contributed by atoms with Crippen LogP contribution in [0.25, 0.3) is 0 Å². The molecular formula is C116H154N10O20. The average Bonchev–Trinajstić information content (AvgIpc) is 1.65. The van der Waals surface area contributed by atoms with Crippen LogP contribution in [-0.4, -0.2) is 261 Å². The number of hydrogen-bond acceptors (Lipinski definition) is 24. The highest BCUT2D eigenvalue weighted by atomic mass is 16.6. The number of aliphatic hydroxyl groups is 4. The Kier molecular flexibility index (Phi) is 40.7. The van der Waals surface area contributed by atoms with Crippen LogP contribution in [0.3, 0.4) is 0 Å². The summed E-state index contributed by atoms with van der Waals surface area (Å²) in [6.07, 6.45) is -0.902. The molecule has 0 aliphatic carbocycles. The molecule has 5 atom stereocenters. The lowest BCUT2D eigenvalue weighted by Crippen LogP contribution is -2.26. The minimum absolute atomic E-state index is 0. The van der Waals surface area contributed by atoms with Crippen LogP contribution in [0.15, 0.2) is 158 Å². The molecule has 16 rings (SSSR count). The fourth-order valence-electron chi connectivity index (χ4n) is 18.9. The van der Waals surface area contributed by atoms with Crippen molar-refractivity contribution in [2.45, 2.75) is 195 Å². The molecule has 10 aromatic rings. The Hall–Kier alpha value is -12.7. The largest absolute Gasteiger partial charge is 0.508 e. The number of phenolic OH excluding ortho intramolecular Hbond substituents is 3. The van der Waals surface area contributed by atoms with Crippen molar-refractivity contribution >= 4 is 29.5 Å². The number of ether oxygens (including phenoxy) is 7. The van der Waals surface area contributed by atoms with E-state index in [1.54, 1.807) is 82.8 Å². The van der Waals surface area contributed by atoms with Crippen molar-refractivity contribution in [2.24, 2.45) is 0 Å². The number of amides is 5. The summed E-state index contributed by atoms with van der Waals surface area (Å²) in [4.78, 5) is 82.9. The number of benzene rings is 10. The predicted molar refractivity (Wildman–Crippen MR) is 568 cm³/mol. The second kappa shape index (κ2) is 51.6. The molecule has 10 aromatic carbocycles. The first-order valence-corrected chi connectivity index (χ1v) is 49.6. The van der Waals surface area contributed by atoms with Gasteiger partial charge in [-0.3, -0.25) is 24.0 Å². The molecule has 1 saturated heterocycles. The summed E-state index contributed by atoms with van der Waals surface area (Å²) in [6, 6.07) is 49.6. The van der Waals surface area contributed by atoms with Crippen LogP contribution < -0.4 is 33.7 Å². The third-order valence-corrected chi connectivity index (χ3v) is 27.2. The Labute approximate surface area is 861 Å². The SMILES string of the molecule is CC(C)c1cc(C(=O)N2Cc3ccc(C(O)CN(C)C)cc3C2)c(O)cc1O.CC(C)c1ccc(O)c(C(=O)N2Cc3ccc(C(CO)N(C)C)cc3C2)c1.CNC.COc1cc(OC)c(C(C)C)cc1C(=O)N1Cc2ccc(C(CO)N(C)C)cc2C1.COc1cc(OC)c(C(C)C)cc1C(=O)N1Cc2ccc(C(O)CN(C)C)cc2C1.COc1cc(OC)c(C(C)C)cc1C(=O)N1Cc2ccc(C3CO3)cc2C1.O. The third-order valence-electron chi connectivity index (χ3n) is 27.2. The second-order valence-corrected chi connectivity index (χ2v) is 40.5. The predicted octanol–water partition coefficient (Wildman–Crippen LogP) is 16.5. The number of methoxy groups -OCH3 is 6. The van der Waals surface area contributed by atoms with Gasteiger partial charge in [-0.25, -0.2) is 0 Å². The maximum atomic E-state index is 13.4. The monoisotopic (exact) mass is 2010 g/mol. The van der Waals surface area contributed by atoms with Gasteiger partial charge in [-0.2, -0.15) is 0 Å². The molecule has 1 fully saturated rings. The zero-order chi connectivity index (χ0) is 106. The van der Waals surface area contributed by atoms with Gasteiger partial charge in [0.1, 0.15) is 57.8 Å². The maximum Gasteiger partial charge on any atom is 0.258 e. The number of nitrogens with zero attached hydrogens (tertiary/aromatic N) is 9. The number of nitrogens with one attached hydrogen (secondary N) is 1. The topological polar surface area (TPSA) is 368 Å². The van der Waals surface area contributed by atoms with Gasteiger partial charge in [0.2, 0.25) is 0 Å². The van der Waals surface area contributed by atoms with Crippen LogP contribution in [0, 0.1) is 0 Å². The molecule has 6 aliphatic rings. The Morgan fingerprint density at radius 2 is 0.596 bits per heavy atom. The van der Waals surface area contributed by atoms with Gasteiger partial charge in [-0.05, 0) is 248 Å². The fraction of sp³-hybridized carbons (Fsp3) is 0.440. The Bertz CT molecular complexity index is 6210. The zero-order valence-electron chi connectivity index (χ0n) is 89.9. The van der Waals surface area contributed by atoms with E-state index in [1.807, 2.05) is 204 Å². The number of hydrogen-bond donors (Lipinski definition) is 8. The van der Waals surface area contributed by atoms with Crippen LogP contribution in [0.1, 0.15) is 292 Å². The number of aromatic hydroxyl groups is 3. The fourth-order valence-corrected chi connectivity index (χ4v) is 18.9. The quantitative estimate of drug-likeness (QED) is 0.0202. The first-order valence-electron chi connectivity index (χ1n) is 49.6. The van der Waals surface area contributed by atoms with E-state index in [4.69, 9.17) is 33.2 Å². The Morgan fingerprint density at radius 1 is 0.329 bits per heavy atom. The summed E-state index contributed by atoms with van der Waals surface area (Å²) in [5.74, 6) is 4.01. The van der Waals surface area contributed by atoms with Crippen LogP contribution in [-0.2, 0) is 70.2 Å². The molecule has 0 radical (unpaired) electrons. The van der Waals surface area contributed by atoms with Crippen molar-refractivity contribution in [3.8, 4) is 51.7 Å². The summed E-state index contributed by atoms with van der Waals surface area (Å²) < 4.78 is 38.4. The van der Waals surface area contributed by atoms with Crippen LogP contribution >= 0.6 is 0 Å².